The zero-order valence-corrected chi connectivity index (χ0v) is 12.7. The van der Waals surface area contributed by atoms with Crippen LogP contribution in [0.1, 0.15) is 19.8 Å². The topological polar surface area (TPSA) is 113 Å². The van der Waals surface area contributed by atoms with E-state index in [1.165, 1.54) is 6.07 Å². The summed E-state index contributed by atoms with van der Waals surface area (Å²) in [6.45, 7) is 3.57. The summed E-state index contributed by atoms with van der Waals surface area (Å²) < 4.78 is 24.2. The molecule has 1 aliphatic heterocycles. The van der Waals surface area contributed by atoms with Crippen molar-refractivity contribution in [1.29, 1.82) is 0 Å². The van der Waals surface area contributed by atoms with Crippen LogP contribution in [0.15, 0.2) is 24.3 Å². The summed E-state index contributed by atoms with van der Waals surface area (Å²) in [4.78, 5) is 12.4. The fraction of sp³-hybridized carbons (Fsp3) is 0.462. The van der Waals surface area contributed by atoms with Crippen LogP contribution in [0, 0.1) is 5.41 Å². The molecule has 1 aromatic carbocycles. The summed E-state index contributed by atoms with van der Waals surface area (Å²) in [5.74, 6) is -0.0586. The molecule has 0 aliphatic carbocycles. The second-order valence-corrected chi connectivity index (χ2v) is 6.79. The fourth-order valence-corrected chi connectivity index (χ4v) is 2.77. The number of benzene rings is 1. The Labute approximate surface area is 124 Å². The van der Waals surface area contributed by atoms with Crippen LogP contribution in [0.4, 0.5) is 11.4 Å². The van der Waals surface area contributed by atoms with Crippen LogP contribution in [0.25, 0.3) is 0 Å². The van der Waals surface area contributed by atoms with Gasteiger partial charge in [-0.25, -0.2) is 5.14 Å². The first-order valence-electron chi connectivity index (χ1n) is 6.71. The van der Waals surface area contributed by atoms with Gasteiger partial charge in [-0.15, -0.1) is 0 Å². The normalized spacial score (nSPS) is 18.0. The number of rotatable bonds is 4. The Morgan fingerprint density at radius 3 is 2.52 bits per heavy atom. The van der Waals surface area contributed by atoms with E-state index in [-0.39, 0.29) is 5.91 Å². The van der Waals surface area contributed by atoms with Crippen molar-refractivity contribution in [2.45, 2.75) is 19.8 Å². The molecule has 1 heterocycles. The monoisotopic (exact) mass is 312 g/mol. The Bertz CT molecular complexity index is 624. The Hall–Kier alpha value is -1.64. The molecule has 116 valence electrons. The first-order valence-corrected chi connectivity index (χ1v) is 8.26. The highest BCUT2D eigenvalue weighted by Crippen LogP contribution is 2.29. The van der Waals surface area contributed by atoms with Crippen molar-refractivity contribution in [3.8, 4) is 0 Å². The molecule has 1 aromatic rings. The van der Waals surface area contributed by atoms with Gasteiger partial charge in [-0.2, -0.15) is 8.42 Å². The fourth-order valence-electron chi connectivity index (χ4n) is 2.31. The van der Waals surface area contributed by atoms with Crippen molar-refractivity contribution in [2.24, 2.45) is 10.6 Å². The Balaban J connectivity index is 2.09. The second kappa shape index (κ2) is 6.00. The van der Waals surface area contributed by atoms with E-state index >= 15 is 0 Å². The number of carbonyl (C=O) groups excluding carboxylic acids is 1. The van der Waals surface area contributed by atoms with E-state index in [9.17, 15) is 13.2 Å². The van der Waals surface area contributed by atoms with Crippen LogP contribution < -0.4 is 20.5 Å². The Kier molecular flexibility index (Phi) is 4.50. The van der Waals surface area contributed by atoms with Crippen LogP contribution >= 0.6 is 0 Å². The molecule has 0 radical (unpaired) electrons. The van der Waals surface area contributed by atoms with Gasteiger partial charge < -0.3 is 10.6 Å². The molecular weight excluding hydrogens is 292 g/mol. The molecule has 1 fully saturated rings. The smallest absolute Gasteiger partial charge is 0.296 e. The Morgan fingerprint density at radius 1 is 1.29 bits per heavy atom. The predicted molar refractivity (Wildman–Crippen MR) is 82.0 cm³/mol. The minimum atomic E-state index is -3.83. The third-order valence-corrected chi connectivity index (χ3v) is 4.16. The van der Waals surface area contributed by atoms with Gasteiger partial charge in [-0.05, 0) is 44.1 Å². The summed E-state index contributed by atoms with van der Waals surface area (Å²) in [5.41, 5.74) is 0.438. The molecule has 2 rings (SSSR count). The molecule has 0 bridgehead atoms. The van der Waals surface area contributed by atoms with Gasteiger partial charge in [0.05, 0.1) is 5.69 Å². The summed E-state index contributed by atoms with van der Waals surface area (Å²) in [6.07, 6.45) is 1.54. The van der Waals surface area contributed by atoms with Crippen LogP contribution in [0.5, 0.6) is 0 Å². The lowest BCUT2D eigenvalue weighted by Gasteiger charge is -2.32. The van der Waals surface area contributed by atoms with Crippen molar-refractivity contribution in [3.63, 3.8) is 0 Å². The lowest BCUT2D eigenvalue weighted by atomic mass is 9.80. The van der Waals surface area contributed by atoms with Crippen molar-refractivity contribution in [3.05, 3.63) is 24.3 Å². The number of amides is 1. The van der Waals surface area contributed by atoms with Crippen LogP contribution in [0.2, 0.25) is 0 Å². The highest BCUT2D eigenvalue weighted by molar-refractivity contribution is 7.90. The molecule has 1 saturated heterocycles. The molecule has 7 nitrogen and oxygen atoms in total. The van der Waals surface area contributed by atoms with E-state index in [0.717, 1.165) is 25.9 Å². The molecule has 1 amide bonds. The van der Waals surface area contributed by atoms with Crippen LogP contribution in [-0.4, -0.2) is 27.4 Å². The number of anilines is 2. The highest BCUT2D eigenvalue weighted by Gasteiger charge is 2.34. The quantitative estimate of drug-likeness (QED) is 0.653. The van der Waals surface area contributed by atoms with Crippen molar-refractivity contribution < 1.29 is 13.2 Å². The van der Waals surface area contributed by atoms with Gasteiger partial charge in [0.2, 0.25) is 5.91 Å². The minimum Gasteiger partial charge on any atom is -0.326 e. The van der Waals surface area contributed by atoms with Crippen molar-refractivity contribution in [1.82, 2.24) is 5.32 Å². The number of hydrogen-bond donors (Lipinski definition) is 4. The van der Waals surface area contributed by atoms with Gasteiger partial charge in [0.1, 0.15) is 0 Å². The predicted octanol–water partition coefficient (Wildman–Crippen LogP) is 0.630. The molecule has 1 aliphatic rings. The molecular formula is C13H20N4O3S. The first kappa shape index (κ1) is 15.7. The van der Waals surface area contributed by atoms with E-state index in [2.05, 4.69) is 15.4 Å². The lowest BCUT2D eigenvalue weighted by molar-refractivity contribution is -0.126. The van der Waals surface area contributed by atoms with Crippen molar-refractivity contribution >= 4 is 27.5 Å². The summed E-state index contributed by atoms with van der Waals surface area (Å²) in [7, 11) is -3.83. The molecule has 0 aromatic heterocycles. The standard InChI is InChI=1S/C13H20N4O3S/c1-13(5-7-15-8-6-13)12(18)16-10-3-2-4-11(9-10)17-21(14,19)20/h2-4,9,15,17H,5-8H2,1H3,(H,16,18)(H2,14,19,20). The van der Waals surface area contributed by atoms with Crippen molar-refractivity contribution in [2.75, 3.05) is 23.1 Å². The molecule has 8 heteroatoms. The van der Waals surface area contributed by atoms with Gasteiger partial charge in [0, 0.05) is 11.1 Å². The molecule has 5 N–H and O–H groups in total. The maximum atomic E-state index is 12.4. The number of hydrogen-bond acceptors (Lipinski definition) is 4. The molecule has 0 saturated carbocycles. The van der Waals surface area contributed by atoms with Crippen LogP contribution in [-0.2, 0) is 15.0 Å². The average Bonchev–Trinajstić information content (AvgIpc) is 2.38. The third-order valence-electron chi connectivity index (χ3n) is 3.64. The van der Waals surface area contributed by atoms with Gasteiger partial charge in [0.15, 0.2) is 0 Å². The van der Waals surface area contributed by atoms with Gasteiger partial charge in [0.25, 0.3) is 10.2 Å². The largest absolute Gasteiger partial charge is 0.326 e. The number of piperidine rings is 1. The summed E-state index contributed by atoms with van der Waals surface area (Å²) in [6, 6.07) is 6.45. The second-order valence-electron chi connectivity index (χ2n) is 5.49. The first-order chi connectivity index (χ1) is 9.78. The lowest BCUT2D eigenvalue weighted by Crippen LogP contribution is -2.42. The SMILES string of the molecule is CC1(C(=O)Nc2cccc(NS(N)(=O)=O)c2)CCNCC1. The number of nitrogens with one attached hydrogen (secondary N) is 3. The van der Waals surface area contributed by atoms with E-state index < -0.39 is 15.6 Å². The van der Waals surface area contributed by atoms with Gasteiger partial charge in [-0.3, -0.25) is 9.52 Å². The number of nitrogens with two attached hydrogens (primary N) is 1. The minimum absolute atomic E-state index is 0.0586. The average molecular weight is 312 g/mol. The Morgan fingerprint density at radius 2 is 1.90 bits per heavy atom. The van der Waals surface area contributed by atoms with E-state index in [4.69, 9.17) is 5.14 Å². The van der Waals surface area contributed by atoms with E-state index in [1.807, 2.05) is 6.92 Å². The van der Waals surface area contributed by atoms with Crippen LogP contribution in [0.3, 0.4) is 0 Å². The third kappa shape index (κ3) is 4.42. The maximum Gasteiger partial charge on any atom is 0.296 e. The molecule has 0 unspecified atom stereocenters. The molecule has 21 heavy (non-hydrogen) atoms. The zero-order valence-electron chi connectivity index (χ0n) is 11.8. The summed E-state index contributed by atoms with van der Waals surface area (Å²) >= 11 is 0. The van der Waals surface area contributed by atoms with E-state index in [0.29, 0.717) is 11.4 Å². The maximum absolute atomic E-state index is 12.4. The van der Waals surface area contributed by atoms with E-state index in [1.54, 1.807) is 18.2 Å². The number of carbonyl (C=O) groups is 1. The zero-order chi connectivity index (χ0) is 15.5. The molecule has 0 spiro atoms. The molecule has 0 atom stereocenters. The van der Waals surface area contributed by atoms with Gasteiger partial charge in [-0.1, -0.05) is 13.0 Å². The summed E-state index contributed by atoms with van der Waals surface area (Å²) in [5, 5.41) is 11.0. The van der Waals surface area contributed by atoms with Gasteiger partial charge >= 0.3 is 0 Å². The highest BCUT2D eigenvalue weighted by atomic mass is 32.2.